The van der Waals surface area contributed by atoms with E-state index >= 15 is 0 Å². The molecule has 0 N–H and O–H groups in total. The number of para-hydroxylation sites is 2. The first-order valence-electron chi connectivity index (χ1n) is 10.3. The highest BCUT2D eigenvalue weighted by molar-refractivity contribution is 5.94. The number of aryl methyl sites for hydroxylation is 1. The number of ether oxygens (including phenoxy) is 1. The number of fused-ring (bicyclic) bond motifs is 1. The fraction of sp³-hybridized carbons (Fsp3) is 0.200. The second-order valence-corrected chi connectivity index (χ2v) is 7.80. The van der Waals surface area contributed by atoms with Crippen LogP contribution in [0.25, 0.3) is 11.0 Å². The summed E-state index contributed by atoms with van der Waals surface area (Å²) in [4.78, 5) is 19.7. The van der Waals surface area contributed by atoms with E-state index in [0.717, 1.165) is 23.3 Å². The van der Waals surface area contributed by atoms with Crippen molar-refractivity contribution in [3.63, 3.8) is 0 Å². The summed E-state index contributed by atoms with van der Waals surface area (Å²) >= 11 is 0. The van der Waals surface area contributed by atoms with Crippen LogP contribution >= 0.6 is 0 Å². The predicted octanol–water partition coefficient (Wildman–Crippen LogP) is 5.36. The molecule has 1 aromatic heterocycles. The summed E-state index contributed by atoms with van der Waals surface area (Å²) in [5, 5.41) is 0. The Hall–Kier alpha value is -3.67. The first-order chi connectivity index (χ1) is 15.1. The molecule has 31 heavy (non-hydrogen) atoms. The van der Waals surface area contributed by atoms with Crippen LogP contribution in [0.5, 0.6) is 11.5 Å². The molecular formula is C25H22FN3O2. The van der Waals surface area contributed by atoms with Gasteiger partial charge in [-0.3, -0.25) is 4.79 Å². The van der Waals surface area contributed by atoms with Crippen molar-refractivity contribution in [2.75, 3.05) is 13.1 Å². The van der Waals surface area contributed by atoms with Crippen LogP contribution in [0.2, 0.25) is 0 Å². The van der Waals surface area contributed by atoms with E-state index in [1.54, 1.807) is 36.4 Å². The highest BCUT2D eigenvalue weighted by Gasteiger charge is 2.30. The molecule has 0 bridgehead atoms. The molecule has 2 heterocycles. The van der Waals surface area contributed by atoms with Crippen molar-refractivity contribution in [2.45, 2.75) is 19.4 Å². The quantitative estimate of drug-likeness (QED) is 0.451. The van der Waals surface area contributed by atoms with Gasteiger partial charge in [-0.2, -0.15) is 0 Å². The fourth-order valence-electron chi connectivity index (χ4n) is 4.28. The lowest BCUT2D eigenvalue weighted by Gasteiger charge is -2.19. The number of hydrogen-bond acceptors (Lipinski definition) is 3. The average Bonchev–Trinajstić information content (AvgIpc) is 3.38. The molecule has 1 aliphatic rings. The van der Waals surface area contributed by atoms with Crippen LogP contribution in [-0.2, 0) is 0 Å². The highest BCUT2D eigenvalue weighted by Crippen LogP contribution is 2.29. The zero-order chi connectivity index (χ0) is 21.4. The smallest absolute Gasteiger partial charge is 0.254 e. The average molecular weight is 415 g/mol. The molecule has 0 unspecified atom stereocenters. The third-order valence-corrected chi connectivity index (χ3v) is 5.72. The maximum atomic E-state index is 13.2. The lowest BCUT2D eigenvalue weighted by Crippen LogP contribution is -2.29. The van der Waals surface area contributed by atoms with Crippen LogP contribution in [0.3, 0.4) is 0 Å². The van der Waals surface area contributed by atoms with Gasteiger partial charge in [0.15, 0.2) is 0 Å². The normalized spacial score (nSPS) is 16.1. The first kappa shape index (κ1) is 19.3. The molecule has 1 atom stereocenters. The monoisotopic (exact) mass is 415 g/mol. The van der Waals surface area contributed by atoms with Crippen molar-refractivity contribution < 1.29 is 13.9 Å². The van der Waals surface area contributed by atoms with Gasteiger partial charge in [-0.05, 0) is 67.9 Å². The molecule has 1 fully saturated rings. The summed E-state index contributed by atoms with van der Waals surface area (Å²) in [6.45, 7) is 3.35. The van der Waals surface area contributed by atoms with Gasteiger partial charge in [0.05, 0.1) is 17.1 Å². The molecule has 6 heteroatoms. The lowest BCUT2D eigenvalue weighted by atomic mass is 10.2. The number of carbonyl (C=O) groups excluding carboxylic acids is 1. The van der Waals surface area contributed by atoms with Crippen LogP contribution in [0, 0.1) is 12.7 Å². The summed E-state index contributed by atoms with van der Waals surface area (Å²) in [7, 11) is 0. The zero-order valence-corrected chi connectivity index (χ0v) is 17.2. The maximum Gasteiger partial charge on any atom is 0.254 e. The number of rotatable bonds is 4. The number of imidazole rings is 1. The Morgan fingerprint density at radius 2 is 1.84 bits per heavy atom. The van der Waals surface area contributed by atoms with Crippen molar-refractivity contribution in [1.82, 2.24) is 14.5 Å². The summed E-state index contributed by atoms with van der Waals surface area (Å²) in [6.07, 6.45) is 0.888. The van der Waals surface area contributed by atoms with Crippen LogP contribution in [0.15, 0.2) is 72.8 Å². The molecule has 1 saturated heterocycles. The van der Waals surface area contributed by atoms with E-state index in [0.29, 0.717) is 30.2 Å². The van der Waals surface area contributed by atoms with Gasteiger partial charge in [-0.15, -0.1) is 0 Å². The largest absolute Gasteiger partial charge is 0.457 e. The van der Waals surface area contributed by atoms with E-state index < -0.39 is 0 Å². The van der Waals surface area contributed by atoms with Gasteiger partial charge in [0.2, 0.25) is 0 Å². The second kappa shape index (κ2) is 7.87. The summed E-state index contributed by atoms with van der Waals surface area (Å²) in [5.41, 5.74) is 2.66. The van der Waals surface area contributed by atoms with E-state index in [1.807, 2.05) is 30.0 Å². The molecule has 5 rings (SSSR count). The Kier molecular flexibility index (Phi) is 4.90. The molecule has 0 aliphatic carbocycles. The standard InChI is InChI=1S/C25H22FN3O2/c1-17-27-23-7-2-3-8-24(23)29(17)20-13-14-28(16-20)25(30)18-5-4-6-22(15-18)31-21-11-9-19(26)10-12-21/h2-12,15,20H,13-14,16H2,1H3/t20-/m1/s1. The third-order valence-electron chi connectivity index (χ3n) is 5.72. The SMILES string of the molecule is Cc1nc2ccccc2n1[C@@H]1CCN(C(=O)c2cccc(Oc3ccc(F)cc3)c2)C1. The Morgan fingerprint density at radius 3 is 2.68 bits per heavy atom. The summed E-state index contributed by atoms with van der Waals surface area (Å²) in [6, 6.07) is 21.2. The predicted molar refractivity (Wildman–Crippen MR) is 117 cm³/mol. The Labute approximate surface area is 179 Å². The van der Waals surface area contributed by atoms with Crippen LogP contribution < -0.4 is 4.74 Å². The van der Waals surface area contributed by atoms with Gasteiger partial charge in [0, 0.05) is 18.7 Å². The lowest BCUT2D eigenvalue weighted by molar-refractivity contribution is 0.0787. The van der Waals surface area contributed by atoms with Gasteiger partial charge in [-0.1, -0.05) is 18.2 Å². The van der Waals surface area contributed by atoms with Crippen LogP contribution in [0.4, 0.5) is 4.39 Å². The summed E-state index contributed by atoms with van der Waals surface area (Å²) in [5.74, 6) is 1.70. The number of amides is 1. The Bertz CT molecular complexity index is 1250. The van der Waals surface area contributed by atoms with Gasteiger partial charge in [-0.25, -0.2) is 9.37 Å². The summed E-state index contributed by atoms with van der Waals surface area (Å²) < 4.78 is 21.1. The number of aromatic nitrogens is 2. The zero-order valence-electron chi connectivity index (χ0n) is 17.2. The van der Waals surface area contributed by atoms with E-state index in [9.17, 15) is 9.18 Å². The van der Waals surface area contributed by atoms with Gasteiger partial charge in [0.25, 0.3) is 5.91 Å². The maximum absolute atomic E-state index is 13.2. The van der Waals surface area contributed by atoms with Crippen LogP contribution in [-0.4, -0.2) is 33.4 Å². The van der Waals surface area contributed by atoms with E-state index in [1.165, 1.54) is 12.1 Å². The molecule has 3 aromatic carbocycles. The van der Waals surface area contributed by atoms with E-state index in [-0.39, 0.29) is 17.8 Å². The number of carbonyl (C=O) groups is 1. The molecule has 0 radical (unpaired) electrons. The van der Waals surface area contributed by atoms with Gasteiger partial charge >= 0.3 is 0 Å². The number of hydrogen-bond donors (Lipinski definition) is 0. The first-order valence-corrected chi connectivity index (χ1v) is 10.3. The molecule has 156 valence electrons. The second-order valence-electron chi connectivity index (χ2n) is 7.80. The number of benzene rings is 3. The van der Waals surface area contributed by atoms with Gasteiger partial charge in [0.1, 0.15) is 23.1 Å². The molecule has 5 nitrogen and oxygen atoms in total. The van der Waals surface area contributed by atoms with Crippen molar-refractivity contribution in [1.29, 1.82) is 0 Å². The molecule has 0 spiro atoms. The Balaban J connectivity index is 1.33. The number of halogens is 1. The Morgan fingerprint density at radius 1 is 1.03 bits per heavy atom. The van der Waals surface area contributed by atoms with Gasteiger partial charge < -0.3 is 14.2 Å². The minimum absolute atomic E-state index is 0.0193. The molecule has 4 aromatic rings. The topological polar surface area (TPSA) is 47.4 Å². The number of likely N-dealkylation sites (tertiary alicyclic amines) is 1. The molecular weight excluding hydrogens is 393 g/mol. The van der Waals surface area contributed by atoms with Crippen molar-refractivity contribution >= 4 is 16.9 Å². The van der Waals surface area contributed by atoms with Crippen molar-refractivity contribution in [2.24, 2.45) is 0 Å². The van der Waals surface area contributed by atoms with Crippen molar-refractivity contribution in [3.8, 4) is 11.5 Å². The van der Waals surface area contributed by atoms with Crippen LogP contribution in [0.1, 0.15) is 28.6 Å². The third kappa shape index (κ3) is 3.77. The molecule has 1 amide bonds. The fourth-order valence-corrected chi connectivity index (χ4v) is 4.28. The molecule has 0 saturated carbocycles. The van der Waals surface area contributed by atoms with Crippen molar-refractivity contribution in [3.05, 3.63) is 90.0 Å². The van der Waals surface area contributed by atoms with E-state index in [4.69, 9.17) is 4.74 Å². The van der Waals surface area contributed by atoms with E-state index in [2.05, 4.69) is 15.6 Å². The number of nitrogens with zero attached hydrogens (tertiary/aromatic N) is 3. The molecule has 1 aliphatic heterocycles. The minimum Gasteiger partial charge on any atom is -0.457 e. The highest BCUT2D eigenvalue weighted by atomic mass is 19.1. The minimum atomic E-state index is -0.319.